The van der Waals surface area contributed by atoms with Crippen LogP contribution >= 0.6 is 0 Å². The quantitative estimate of drug-likeness (QED) is 0.829. The number of likely N-dealkylation sites (tertiary alicyclic amines) is 1. The second kappa shape index (κ2) is 4.92. The zero-order valence-electron chi connectivity index (χ0n) is 10.8. The van der Waals surface area contributed by atoms with Crippen molar-refractivity contribution in [2.45, 2.75) is 31.7 Å². The molecule has 2 unspecified atom stereocenters. The maximum absolute atomic E-state index is 12.0. The number of hydrogen-bond donors (Lipinski definition) is 1. The Morgan fingerprint density at radius 2 is 2.16 bits per heavy atom. The van der Waals surface area contributed by atoms with Crippen LogP contribution in [0, 0.1) is 0 Å². The monoisotopic (exact) mass is 278 g/mol. The number of nitrogens with zero attached hydrogens (tertiary/aromatic N) is 3. The van der Waals surface area contributed by atoms with Crippen LogP contribution in [0.15, 0.2) is 12.3 Å². The van der Waals surface area contributed by atoms with Gasteiger partial charge in [-0.15, -0.1) is 0 Å². The van der Waals surface area contributed by atoms with E-state index in [1.54, 1.807) is 0 Å². The molecule has 1 fully saturated rings. The summed E-state index contributed by atoms with van der Waals surface area (Å²) >= 11 is 0. The zero-order chi connectivity index (χ0) is 14.2. The number of amides is 2. The Bertz CT molecular complexity index is 385. The van der Waals surface area contributed by atoms with Gasteiger partial charge in [-0.05, 0) is 13.0 Å². The van der Waals surface area contributed by atoms with Crippen molar-refractivity contribution < 1.29 is 18.0 Å². The molecule has 0 aromatic carbocycles. The maximum atomic E-state index is 12.0. The fraction of sp³-hybridized carbons (Fsp3) is 0.727. The first-order chi connectivity index (χ1) is 8.79. The average molecular weight is 278 g/mol. The minimum absolute atomic E-state index is 0.195. The highest BCUT2D eigenvalue weighted by Gasteiger charge is 2.40. The summed E-state index contributed by atoms with van der Waals surface area (Å²) < 4.78 is 36.1. The van der Waals surface area contributed by atoms with Gasteiger partial charge in [-0.2, -0.15) is 13.2 Å². The molecule has 108 valence electrons. The molecule has 2 aliphatic rings. The molecule has 1 saturated heterocycles. The number of halogens is 3. The summed E-state index contributed by atoms with van der Waals surface area (Å²) in [6, 6.07) is -0.449. The number of carbonyl (C=O) groups is 1. The van der Waals surface area contributed by atoms with E-state index in [9.17, 15) is 18.0 Å². The fourth-order valence-corrected chi connectivity index (χ4v) is 2.13. The van der Waals surface area contributed by atoms with Gasteiger partial charge in [-0.3, -0.25) is 5.01 Å². The normalized spacial score (nSPS) is 27.6. The topological polar surface area (TPSA) is 38.8 Å². The summed E-state index contributed by atoms with van der Waals surface area (Å²) in [6.07, 6.45) is 0.0117. The predicted octanol–water partition coefficient (Wildman–Crippen LogP) is 1.35. The van der Waals surface area contributed by atoms with E-state index in [0.717, 1.165) is 6.42 Å². The summed E-state index contributed by atoms with van der Waals surface area (Å²) in [6.45, 7) is 1.18. The molecule has 0 radical (unpaired) electrons. The maximum Gasteiger partial charge on any atom is 0.405 e. The first kappa shape index (κ1) is 14.0. The summed E-state index contributed by atoms with van der Waals surface area (Å²) in [5.41, 5.74) is 0. The van der Waals surface area contributed by atoms with Crippen molar-refractivity contribution in [1.82, 2.24) is 20.2 Å². The molecule has 19 heavy (non-hydrogen) atoms. The van der Waals surface area contributed by atoms with Crippen molar-refractivity contribution in [3.05, 3.63) is 12.3 Å². The minimum atomic E-state index is -4.38. The number of hydrazine groups is 1. The van der Waals surface area contributed by atoms with Gasteiger partial charge >= 0.3 is 12.2 Å². The number of carbonyl (C=O) groups excluding carboxylic acids is 1. The zero-order valence-corrected chi connectivity index (χ0v) is 10.8. The molecule has 0 saturated carbocycles. The molecule has 5 nitrogen and oxygen atoms in total. The van der Waals surface area contributed by atoms with Gasteiger partial charge < -0.3 is 10.2 Å². The lowest BCUT2D eigenvalue weighted by Gasteiger charge is -2.48. The van der Waals surface area contributed by atoms with Crippen LogP contribution in [0.2, 0.25) is 0 Å². The van der Waals surface area contributed by atoms with Crippen molar-refractivity contribution in [3.8, 4) is 0 Å². The Kier molecular flexibility index (Phi) is 3.62. The summed E-state index contributed by atoms with van der Waals surface area (Å²) in [5, 5.41) is 5.73. The van der Waals surface area contributed by atoms with E-state index in [4.69, 9.17) is 0 Å². The SMILES string of the molecule is CC1C=CN(C2CCN2C(=O)NCC(F)(F)F)N1C. The Hall–Kier alpha value is -1.44. The van der Waals surface area contributed by atoms with Crippen LogP contribution < -0.4 is 5.32 Å². The van der Waals surface area contributed by atoms with Crippen molar-refractivity contribution >= 4 is 6.03 Å². The highest BCUT2D eigenvalue weighted by atomic mass is 19.4. The highest BCUT2D eigenvalue weighted by molar-refractivity contribution is 5.75. The van der Waals surface area contributed by atoms with Crippen LogP contribution in [0.4, 0.5) is 18.0 Å². The van der Waals surface area contributed by atoms with E-state index < -0.39 is 18.8 Å². The third kappa shape index (κ3) is 2.94. The third-order valence-electron chi connectivity index (χ3n) is 3.47. The number of hydrogen-bond acceptors (Lipinski definition) is 3. The molecule has 2 aliphatic heterocycles. The lowest BCUT2D eigenvalue weighted by atomic mass is 10.1. The van der Waals surface area contributed by atoms with Crippen LogP contribution in [0.3, 0.4) is 0 Å². The van der Waals surface area contributed by atoms with E-state index in [1.165, 1.54) is 4.90 Å². The Labute approximate surface area is 109 Å². The van der Waals surface area contributed by atoms with Gasteiger partial charge in [0.1, 0.15) is 12.7 Å². The molecule has 2 rings (SSSR count). The van der Waals surface area contributed by atoms with Crippen molar-refractivity contribution in [1.29, 1.82) is 0 Å². The fourth-order valence-electron chi connectivity index (χ4n) is 2.13. The molecule has 0 aromatic heterocycles. The molecule has 2 heterocycles. The van der Waals surface area contributed by atoms with Crippen LogP contribution in [0.1, 0.15) is 13.3 Å². The molecular formula is C11H17F3N4O. The average Bonchev–Trinajstić information content (AvgIpc) is 2.56. The summed E-state index contributed by atoms with van der Waals surface area (Å²) in [4.78, 5) is 13.1. The van der Waals surface area contributed by atoms with E-state index in [2.05, 4.69) is 0 Å². The second-order valence-electron chi connectivity index (χ2n) is 4.77. The van der Waals surface area contributed by atoms with E-state index in [1.807, 2.05) is 41.6 Å². The van der Waals surface area contributed by atoms with Crippen LogP contribution in [0.5, 0.6) is 0 Å². The third-order valence-corrected chi connectivity index (χ3v) is 3.47. The molecule has 2 atom stereocenters. The lowest BCUT2D eigenvalue weighted by molar-refractivity contribution is -0.125. The largest absolute Gasteiger partial charge is 0.405 e. The standard InChI is InChI=1S/C11H17F3N4O/c1-8-3-6-18(16(8)2)9-4-5-17(9)10(19)15-7-11(12,13)14/h3,6,8-9H,4-5,7H2,1-2H3,(H,15,19). The number of likely N-dealkylation sites (N-methyl/N-ethyl adjacent to an activating group) is 1. The molecular weight excluding hydrogens is 261 g/mol. The number of nitrogens with one attached hydrogen (secondary N) is 1. The molecule has 2 amide bonds. The van der Waals surface area contributed by atoms with Gasteiger partial charge in [-0.1, -0.05) is 0 Å². The van der Waals surface area contributed by atoms with E-state index in [0.29, 0.717) is 6.54 Å². The lowest BCUT2D eigenvalue weighted by Crippen LogP contribution is -2.63. The van der Waals surface area contributed by atoms with E-state index >= 15 is 0 Å². The van der Waals surface area contributed by atoms with Gasteiger partial charge in [0.05, 0.1) is 0 Å². The molecule has 0 bridgehead atoms. The van der Waals surface area contributed by atoms with Crippen LogP contribution in [-0.2, 0) is 0 Å². The predicted molar refractivity (Wildman–Crippen MR) is 62.8 cm³/mol. The van der Waals surface area contributed by atoms with Gasteiger partial charge in [0.2, 0.25) is 0 Å². The van der Waals surface area contributed by atoms with E-state index in [-0.39, 0.29) is 12.2 Å². The van der Waals surface area contributed by atoms with Crippen molar-refractivity contribution in [2.75, 3.05) is 20.1 Å². The Balaban J connectivity index is 1.89. The first-order valence-electron chi connectivity index (χ1n) is 6.10. The van der Waals surface area contributed by atoms with Gasteiger partial charge in [0, 0.05) is 32.3 Å². The van der Waals surface area contributed by atoms with Crippen molar-refractivity contribution in [2.24, 2.45) is 0 Å². The van der Waals surface area contributed by atoms with Crippen LogP contribution in [0.25, 0.3) is 0 Å². The van der Waals surface area contributed by atoms with Gasteiger partial charge in [0.25, 0.3) is 0 Å². The van der Waals surface area contributed by atoms with Crippen LogP contribution in [-0.4, -0.2) is 59.5 Å². The molecule has 0 spiro atoms. The highest BCUT2D eigenvalue weighted by Crippen LogP contribution is 2.27. The number of rotatable bonds is 2. The number of alkyl halides is 3. The summed E-state index contributed by atoms with van der Waals surface area (Å²) in [7, 11) is 1.88. The summed E-state index contributed by atoms with van der Waals surface area (Å²) in [5.74, 6) is 0. The molecule has 0 aliphatic carbocycles. The molecule has 1 N–H and O–H groups in total. The molecule has 0 aromatic rings. The molecule has 8 heteroatoms. The Morgan fingerprint density at radius 1 is 1.47 bits per heavy atom. The Morgan fingerprint density at radius 3 is 2.58 bits per heavy atom. The first-order valence-corrected chi connectivity index (χ1v) is 6.10. The number of urea groups is 1. The van der Waals surface area contributed by atoms with Crippen molar-refractivity contribution in [3.63, 3.8) is 0 Å². The van der Waals surface area contributed by atoms with Gasteiger partial charge in [-0.25, -0.2) is 9.80 Å². The minimum Gasteiger partial charge on any atom is -0.329 e. The smallest absolute Gasteiger partial charge is 0.329 e. The second-order valence-corrected chi connectivity index (χ2v) is 4.77. The van der Waals surface area contributed by atoms with Gasteiger partial charge in [0.15, 0.2) is 0 Å².